The van der Waals surface area contributed by atoms with E-state index < -0.39 is 0 Å². The Morgan fingerprint density at radius 1 is 1.75 bits per heavy atom. The first kappa shape index (κ1) is 9.00. The Hall–Kier alpha value is -1.09. The van der Waals surface area contributed by atoms with E-state index in [1.54, 1.807) is 0 Å². The molecule has 0 saturated heterocycles. The van der Waals surface area contributed by atoms with Crippen molar-refractivity contribution in [3.8, 4) is 0 Å². The van der Waals surface area contributed by atoms with Gasteiger partial charge < -0.3 is 5.32 Å². The highest BCUT2D eigenvalue weighted by atomic mass is 15.3. The van der Waals surface area contributed by atoms with Gasteiger partial charge in [0, 0.05) is 24.8 Å². The second-order valence-electron chi connectivity index (χ2n) is 2.72. The van der Waals surface area contributed by atoms with Crippen molar-refractivity contribution in [2.45, 2.75) is 19.5 Å². The maximum Gasteiger partial charge on any atom is 0.0534 e. The zero-order valence-corrected chi connectivity index (χ0v) is 7.45. The number of aromatic nitrogens is 2. The van der Waals surface area contributed by atoms with Gasteiger partial charge in [0.05, 0.1) is 6.20 Å². The Labute approximate surface area is 73.1 Å². The highest BCUT2D eigenvalue weighted by molar-refractivity contribution is 5.02. The quantitative estimate of drug-likeness (QED) is 0.664. The summed E-state index contributed by atoms with van der Waals surface area (Å²) in [6.45, 7) is 5.47. The van der Waals surface area contributed by atoms with E-state index in [-0.39, 0.29) is 0 Å². The van der Waals surface area contributed by atoms with Gasteiger partial charge in [-0.25, -0.2) is 0 Å². The fraction of sp³-hybridized carbons (Fsp3) is 0.444. The van der Waals surface area contributed by atoms with Gasteiger partial charge in [0.15, 0.2) is 0 Å². The molecule has 1 heterocycles. The second kappa shape index (κ2) is 4.72. The summed E-state index contributed by atoms with van der Waals surface area (Å²) in [5.74, 6) is 0. The molecule has 0 fully saturated rings. The molecule has 66 valence electrons. The molecular formula is C9H15N3. The Morgan fingerprint density at radius 2 is 2.58 bits per heavy atom. The average molecular weight is 165 g/mol. The lowest BCUT2D eigenvalue weighted by atomic mass is 10.3. The number of nitrogens with zero attached hydrogens (tertiary/aromatic N) is 2. The van der Waals surface area contributed by atoms with Crippen molar-refractivity contribution >= 4 is 0 Å². The standard InChI is InChI=1S/C9H15N3/c1-3-4-5-12-8-9(6-10-2)7-11-12/h3,7-8,10H,1,4-6H2,2H3. The molecule has 0 saturated carbocycles. The summed E-state index contributed by atoms with van der Waals surface area (Å²) in [4.78, 5) is 0. The van der Waals surface area contributed by atoms with Crippen LogP contribution in [-0.2, 0) is 13.1 Å². The number of hydrogen-bond donors (Lipinski definition) is 1. The van der Waals surface area contributed by atoms with Gasteiger partial charge in [0.2, 0.25) is 0 Å². The smallest absolute Gasteiger partial charge is 0.0534 e. The molecule has 1 aromatic rings. The lowest BCUT2D eigenvalue weighted by molar-refractivity contribution is 0.623. The highest BCUT2D eigenvalue weighted by Gasteiger charge is 1.95. The minimum absolute atomic E-state index is 0.883. The van der Waals surface area contributed by atoms with Crippen LogP contribution >= 0.6 is 0 Å². The first-order valence-corrected chi connectivity index (χ1v) is 4.13. The van der Waals surface area contributed by atoms with Crippen molar-refractivity contribution < 1.29 is 0 Å². The number of rotatable bonds is 5. The topological polar surface area (TPSA) is 29.9 Å². The van der Waals surface area contributed by atoms with Crippen LogP contribution in [-0.4, -0.2) is 16.8 Å². The Kier molecular flexibility index (Phi) is 3.54. The predicted octanol–water partition coefficient (Wildman–Crippen LogP) is 1.18. The normalized spacial score (nSPS) is 10.1. The molecule has 0 radical (unpaired) electrons. The maximum atomic E-state index is 4.20. The molecule has 0 aliphatic rings. The highest BCUT2D eigenvalue weighted by Crippen LogP contribution is 1.97. The van der Waals surface area contributed by atoms with Crippen LogP contribution in [0.15, 0.2) is 25.0 Å². The van der Waals surface area contributed by atoms with E-state index in [9.17, 15) is 0 Å². The van der Waals surface area contributed by atoms with Crippen molar-refractivity contribution in [1.29, 1.82) is 0 Å². The summed E-state index contributed by atoms with van der Waals surface area (Å²) >= 11 is 0. The molecule has 1 rings (SSSR count). The fourth-order valence-electron chi connectivity index (χ4n) is 1.05. The SMILES string of the molecule is C=CCCn1cc(CNC)cn1. The zero-order chi connectivity index (χ0) is 8.81. The summed E-state index contributed by atoms with van der Waals surface area (Å²) in [6.07, 6.45) is 6.82. The van der Waals surface area contributed by atoms with E-state index in [1.165, 1.54) is 5.56 Å². The van der Waals surface area contributed by atoms with Crippen molar-refractivity contribution in [3.05, 3.63) is 30.6 Å². The average Bonchev–Trinajstić information content (AvgIpc) is 2.50. The van der Waals surface area contributed by atoms with Crippen LogP contribution in [0.1, 0.15) is 12.0 Å². The molecule has 3 heteroatoms. The van der Waals surface area contributed by atoms with Gasteiger partial charge in [0.1, 0.15) is 0 Å². The Morgan fingerprint density at radius 3 is 3.25 bits per heavy atom. The largest absolute Gasteiger partial charge is 0.316 e. The van der Waals surface area contributed by atoms with Crippen LogP contribution < -0.4 is 5.32 Å². The van der Waals surface area contributed by atoms with Crippen molar-refractivity contribution in [1.82, 2.24) is 15.1 Å². The molecule has 0 atom stereocenters. The number of aryl methyl sites for hydroxylation is 1. The Bertz CT molecular complexity index is 240. The molecule has 0 aliphatic heterocycles. The minimum Gasteiger partial charge on any atom is -0.316 e. The minimum atomic E-state index is 0.883. The molecule has 12 heavy (non-hydrogen) atoms. The molecule has 0 unspecified atom stereocenters. The van der Waals surface area contributed by atoms with E-state index in [2.05, 4.69) is 23.2 Å². The van der Waals surface area contributed by atoms with Crippen LogP contribution in [0, 0.1) is 0 Å². The third-order valence-corrected chi connectivity index (χ3v) is 1.63. The molecule has 0 aromatic carbocycles. The van der Waals surface area contributed by atoms with E-state index in [4.69, 9.17) is 0 Å². The lowest BCUT2D eigenvalue weighted by Gasteiger charge is -1.95. The zero-order valence-electron chi connectivity index (χ0n) is 7.45. The number of allylic oxidation sites excluding steroid dienone is 1. The van der Waals surface area contributed by atoms with Crippen LogP contribution in [0.25, 0.3) is 0 Å². The molecule has 1 aromatic heterocycles. The number of hydrogen-bond acceptors (Lipinski definition) is 2. The fourth-order valence-corrected chi connectivity index (χ4v) is 1.05. The third kappa shape index (κ3) is 2.51. The van der Waals surface area contributed by atoms with E-state index >= 15 is 0 Å². The molecular weight excluding hydrogens is 150 g/mol. The summed E-state index contributed by atoms with van der Waals surface area (Å²) in [7, 11) is 1.93. The van der Waals surface area contributed by atoms with E-state index in [0.29, 0.717) is 0 Å². The monoisotopic (exact) mass is 165 g/mol. The van der Waals surface area contributed by atoms with Gasteiger partial charge in [-0.05, 0) is 13.5 Å². The second-order valence-corrected chi connectivity index (χ2v) is 2.72. The Balaban J connectivity index is 2.46. The van der Waals surface area contributed by atoms with Crippen molar-refractivity contribution in [2.75, 3.05) is 7.05 Å². The first-order valence-electron chi connectivity index (χ1n) is 4.13. The first-order chi connectivity index (χ1) is 5.86. The van der Waals surface area contributed by atoms with Gasteiger partial charge in [0.25, 0.3) is 0 Å². The van der Waals surface area contributed by atoms with Crippen LogP contribution in [0.2, 0.25) is 0 Å². The van der Waals surface area contributed by atoms with Gasteiger partial charge >= 0.3 is 0 Å². The lowest BCUT2D eigenvalue weighted by Crippen LogP contribution is -2.04. The van der Waals surface area contributed by atoms with Crippen molar-refractivity contribution in [2.24, 2.45) is 0 Å². The summed E-state index contributed by atoms with van der Waals surface area (Å²) in [6, 6.07) is 0. The third-order valence-electron chi connectivity index (χ3n) is 1.63. The number of nitrogens with one attached hydrogen (secondary N) is 1. The predicted molar refractivity (Wildman–Crippen MR) is 49.8 cm³/mol. The maximum absolute atomic E-state index is 4.20. The van der Waals surface area contributed by atoms with Gasteiger partial charge in [-0.3, -0.25) is 4.68 Å². The van der Waals surface area contributed by atoms with E-state index in [1.807, 2.05) is 24.0 Å². The molecule has 0 amide bonds. The van der Waals surface area contributed by atoms with Gasteiger partial charge in [-0.1, -0.05) is 6.08 Å². The van der Waals surface area contributed by atoms with Gasteiger partial charge in [-0.2, -0.15) is 5.10 Å². The summed E-state index contributed by atoms with van der Waals surface area (Å²) in [5.41, 5.74) is 1.22. The van der Waals surface area contributed by atoms with Crippen LogP contribution in [0.5, 0.6) is 0 Å². The molecule has 0 spiro atoms. The van der Waals surface area contributed by atoms with Crippen LogP contribution in [0.3, 0.4) is 0 Å². The van der Waals surface area contributed by atoms with Crippen molar-refractivity contribution in [3.63, 3.8) is 0 Å². The van der Waals surface area contributed by atoms with Crippen LogP contribution in [0.4, 0.5) is 0 Å². The molecule has 0 bridgehead atoms. The molecule has 1 N–H and O–H groups in total. The summed E-state index contributed by atoms with van der Waals surface area (Å²) < 4.78 is 1.94. The van der Waals surface area contributed by atoms with Gasteiger partial charge in [-0.15, -0.1) is 6.58 Å². The molecule has 0 aliphatic carbocycles. The van der Waals surface area contributed by atoms with E-state index in [0.717, 1.165) is 19.5 Å². The summed E-state index contributed by atoms with van der Waals surface area (Å²) in [5, 5.41) is 7.28. The molecule has 3 nitrogen and oxygen atoms in total.